The van der Waals surface area contributed by atoms with Crippen LogP contribution in [-0.4, -0.2) is 64.9 Å². The number of ketones is 2. The highest BCUT2D eigenvalue weighted by atomic mass is 31.1. The maximum Gasteiger partial charge on any atom is 0.443 e. The fourth-order valence-electron chi connectivity index (χ4n) is 5.86. The van der Waals surface area contributed by atoms with Gasteiger partial charge < -0.3 is 28.4 Å². The molecule has 3 aromatic carbocycles. The van der Waals surface area contributed by atoms with E-state index in [4.69, 9.17) is 28.4 Å². The van der Waals surface area contributed by atoms with Crippen molar-refractivity contribution in [3.63, 3.8) is 0 Å². The van der Waals surface area contributed by atoms with E-state index in [0.29, 0.717) is 0 Å². The van der Waals surface area contributed by atoms with E-state index in [2.05, 4.69) is 0 Å². The van der Waals surface area contributed by atoms with Crippen molar-refractivity contribution in [1.29, 1.82) is 0 Å². The van der Waals surface area contributed by atoms with E-state index in [0.717, 1.165) is 0 Å². The highest BCUT2D eigenvalue weighted by molar-refractivity contribution is 7.68. The molecule has 0 N–H and O–H groups in total. The Kier molecular flexibility index (Phi) is 11.6. The van der Waals surface area contributed by atoms with Gasteiger partial charge in [-0.3, -0.25) is 9.59 Å². The van der Waals surface area contributed by atoms with E-state index < -0.39 is 41.4 Å². The molecule has 10 nitrogen and oxygen atoms in total. The number of methoxy groups -OCH3 is 6. The van der Waals surface area contributed by atoms with Crippen LogP contribution in [0.15, 0.2) is 54.6 Å². The quantitative estimate of drug-likeness (QED) is 0.0939. The lowest BCUT2D eigenvalue weighted by Gasteiger charge is -2.33. The lowest BCUT2D eigenvalue weighted by molar-refractivity contribution is 0.0754. The van der Waals surface area contributed by atoms with Crippen LogP contribution >= 0.6 is 7.80 Å². The number of ether oxygens (including phenoxy) is 6. The molecular weight excluding hydrogens is 611 g/mol. The van der Waals surface area contributed by atoms with Crippen molar-refractivity contribution >= 4 is 24.9 Å². The summed E-state index contributed by atoms with van der Waals surface area (Å²) in [5, 5.41) is -2.53. The Morgan fingerprint density at radius 3 is 1.13 bits per heavy atom. The first-order valence-corrected chi connectivity index (χ1v) is 15.8. The van der Waals surface area contributed by atoms with E-state index in [-0.39, 0.29) is 57.6 Å². The zero-order valence-electron chi connectivity index (χ0n) is 28.0. The van der Waals surface area contributed by atoms with E-state index >= 15 is 14.2 Å². The van der Waals surface area contributed by atoms with E-state index in [1.165, 1.54) is 79.1 Å². The van der Waals surface area contributed by atoms with Crippen molar-refractivity contribution in [2.24, 2.45) is 11.3 Å². The van der Waals surface area contributed by atoms with Crippen molar-refractivity contribution in [2.45, 2.75) is 39.3 Å². The average Bonchev–Trinajstić information content (AvgIpc) is 3.05. The Labute approximate surface area is 271 Å². The second kappa shape index (κ2) is 14.8. The minimum atomic E-state index is -3.47. The molecule has 11 heteroatoms. The van der Waals surface area contributed by atoms with Crippen LogP contribution in [0.3, 0.4) is 0 Å². The monoisotopic (exact) mass is 653 g/mol. The molecule has 46 heavy (non-hydrogen) atoms. The van der Waals surface area contributed by atoms with Crippen LogP contribution in [0.2, 0.25) is 0 Å². The van der Waals surface area contributed by atoms with Crippen LogP contribution in [0.25, 0.3) is 0 Å². The predicted octanol–water partition coefficient (Wildman–Crippen LogP) is 7.28. The Balaban J connectivity index is 2.60. The largest absolute Gasteiger partial charge is 0.496 e. The summed E-state index contributed by atoms with van der Waals surface area (Å²) in [6.45, 7) is 7.42. The van der Waals surface area contributed by atoms with Crippen LogP contribution in [-0.2, 0) is 4.57 Å². The van der Waals surface area contributed by atoms with E-state index in [1.807, 2.05) is 20.8 Å². The summed E-state index contributed by atoms with van der Waals surface area (Å²) < 4.78 is 48.6. The molecule has 0 aliphatic rings. The number of benzene rings is 3. The van der Waals surface area contributed by atoms with Crippen LogP contribution in [0.5, 0.6) is 34.5 Å². The number of carbonyl (C=O) groups is 3. The van der Waals surface area contributed by atoms with Gasteiger partial charge in [-0.05, 0) is 48.2 Å². The fraction of sp³-hybridized carbons (Fsp3) is 0.400. The maximum atomic E-state index is 15.4. The fourth-order valence-corrected chi connectivity index (χ4v) is 7.68. The lowest BCUT2D eigenvalue weighted by atomic mass is 9.73. The Morgan fingerprint density at radius 1 is 0.587 bits per heavy atom. The van der Waals surface area contributed by atoms with Gasteiger partial charge in [0.25, 0.3) is 0 Å². The molecule has 0 heterocycles. The summed E-state index contributed by atoms with van der Waals surface area (Å²) >= 11 is 0. The maximum absolute atomic E-state index is 15.4. The first kappa shape index (κ1) is 36.0. The van der Waals surface area contributed by atoms with E-state index in [1.54, 1.807) is 25.1 Å². The summed E-state index contributed by atoms with van der Waals surface area (Å²) in [5.41, 5.74) is -1.94. The second-order valence-electron chi connectivity index (χ2n) is 11.8. The first-order valence-electron chi connectivity index (χ1n) is 14.5. The molecule has 246 valence electrons. The van der Waals surface area contributed by atoms with Gasteiger partial charge >= 0.3 is 18.5 Å². The van der Waals surface area contributed by atoms with Crippen molar-refractivity contribution in [3.05, 3.63) is 71.3 Å². The molecule has 0 saturated heterocycles. The number of hydrogen-bond donors (Lipinski definition) is 0. The van der Waals surface area contributed by atoms with Crippen LogP contribution in [0.4, 0.5) is 0 Å². The third-order valence-corrected chi connectivity index (χ3v) is 9.86. The molecule has 0 aliphatic carbocycles. The van der Waals surface area contributed by atoms with Gasteiger partial charge in [0, 0.05) is 5.92 Å². The average molecular weight is 654 g/mol. The van der Waals surface area contributed by atoms with Crippen molar-refractivity contribution in [2.75, 3.05) is 42.7 Å². The molecule has 2 atom stereocenters. The molecule has 3 rings (SSSR count). The number of rotatable bonds is 15. The molecule has 0 spiro atoms. The summed E-state index contributed by atoms with van der Waals surface area (Å²) in [5.74, 6) is -2.41. The minimum Gasteiger partial charge on any atom is -0.496 e. The van der Waals surface area contributed by atoms with Gasteiger partial charge in [-0.1, -0.05) is 50.5 Å². The molecule has 0 radical (unpaired) electrons. The van der Waals surface area contributed by atoms with Crippen LogP contribution < -0.4 is 28.4 Å². The summed E-state index contributed by atoms with van der Waals surface area (Å²) in [6, 6.07) is 14.0. The zero-order chi connectivity index (χ0) is 34.4. The smallest absolute Gasteiger partial charge is 0.443 e. The van der Waals surface area contributed by atoms with Crippen molar-refractivity contribution < 1.29 is 47.4 Å². The molecule has 0 aliphatic heterocycles. The van der Waals surface area contributed by atoms with Crippen LogP contribution in [0.1, 0.15) is 65.2 Å². The molecule has 2 unspecified atom stereocenters. The third-order valence-electron chi connectivity index (χ3n) is 7.78. The molecule has 0 saturated carbocycles. The van der Waals surface area contributed by atoms with Gasteiger partial charge in [-0.2, -0.15) is 0 Å². The van der Waals surface area contributed by atoms with Crippen molar-refractivity contribution in [1.82, 2.24) is 0 Å². The predicted molar refractivity (Wildman–Crippen MR) is 175 cm³/mol. The zero-order valence-corrected chi connectivity index (χ0v) is 28.9. The molecular formula is C35H42O10P+. The van der Waals surface area contributed by atoms with Gasteiger partial charge in [0.1, 0.15) is 45.6 Å². The lowest BCUT2D eigenvalue weighted by Crippen LogP contribution is -2.51. The molecule has 0 amide bonds. The summed E-state index contributed by atoms with van der Waals surface area (Å²) in [6.07, 6.45) is 0.205. The van der Waals surface area contributed by atoms with Crippen molar-refractivity contribution in [3.8, 4) is 34.5 Å². The number of hydrogen-bond acceptors (Lipinski definition) is 10. The SMILES string of the molecule is COc1cccc(OC)c1C(=O)[P+](=O)C(C(=O)c1c(OC)cccc1OC)(C(=O)c1c(OC)cccc1OC)C(C)CC(C)(C)C. The topological polar surface area (TPSA) is 124 Å². The highest BCUT2D eigenvalue weighted by Gasteiger charge is 2.70. The van der Waals surface area contributed by atoms with Gasteiger partial charge in [-0.15, -0.1) is 0 Å². The third kappa shape index (κ3) is 6.58. The number of Topliss-reactive ketones (excluding diaryl/α,β-unsaturated/α-hetero) is 2. The summed E-state index contributed by atoms with van der Waals surface area (Å²) in [7, 11) is 4.69. The molecule has 3 aromatic rings. The minimum absolute atomic E-state index is 0.0646. The van der Waals surface area contributed by atoms with Gasteiger partial charge in [0.05, 0.1) is 42.7 Å². The summed E-state index contributed by atoms with van der Waals surface area (Å²) in [4.78, 5) is 45.4. The highest BCUT2D eigenvalue weighted by Crippen LogP contribution is 2.57. The second-order valence-corrected chi connectivity index (χ2v) is 13.5. The van der Waals surface area contributed by atoms with Gasteiger partial charge in [0.2, 0.25) is 11.6 Å². The molecule has 0 bridgehead atoms. The standard InChI is InChI=1S/C35H42O10P/c1-21(20-34(2,3)4)35(31(36)28-22(40-5)14-11-15-23(28)41-6,32(37)29-24(42-7)16-12-17-25(29)43-8)46(39)33(38)30-26(44-9)18-13-19-27(30)45-10/h11-19,21H,20H2,1-10H3/q+1. The first-order chi connectivity index (χ1) is 21.8. The normalized spacial score (nSPS) is 12.4. The molecule has 0 aromatic heterocycles. The number of carbonyl (C=O) groups excluding carboxylic acids is 3. The molecule has 0 fully saturated rings. The Morgan fingerprint density at radius 2 is 0.870 bits per heavy atom. The van der Waals surface area contributed by atoms with E-state index in [9.17, 15) is 4.79 Å². The van der Waals surface area contributed by atoms with Gasteiger partial charge in [-0.25, -0.2) is 4.79 Å². The van der Waals surface area contributed by atoms with Gasteiger partial charge in [0.15, 0.2) is 5.56 Å². The Hall–Kier alpha value is -4.43. The van der Waals surface area contributed by atoms with Crippen LogP contribution in [0, 0.1) is 11.3 Å². The Bertz CT molecular complexity index is 1490.